The number of carbonyl (C=O) groups is 1. The van der Waals surface area contributed by atoms with Crippen LogP contribution in [0.1, 0.15) is 45.4 Å². The number of hydrogen-bond donors (Lipinski definition) is 0. The minimum Gasteiger partial charge on any atom is -0.456 e. The van der Waals surface area contributed by atoms with E-state index in [2.05, 4.69) is 6.58 Å². The van der Waals surface area contributed by atoms with Gasteiger partial charge in [-0.3, -0.25) is 0 Å². The number of hydrogen-bond acceptors (Lipinski definition) is 3. The van der Waals surface area contributed by atoms with Crippen molar-refractivity contribution in [2.75, 3.05) is 0 Å². The molecule has 0 bridgehead atoms. The number of rotatable bonds is 3. The molecule has 1 atom stereocenters. The lowest BCUT2D eigenvalue weighted by Crippen LogP contribution is -2.40. The molecule has 0 aromatic carbocycles. The second-order valence-electron chi connectivity index (χ2n) is 4.56. The molecule has 16 heavy (non-hydrogen) atoms. The molecule has 3 nitrogen and oxygen atoms in total. The van der Waals surface area contributed by atoms with Crippen LogP contribution in [0.15, 0.2) is 24.0 Å². The first-order chi connectivity index (χ1) is 7.64. The first-order valence-corrected chi connectivity index (χ1v) is 5.90. The largest absolute Gasteiger partial charge is 0.456 e. The lowest BCUT2D eigenvalue weighted by molar-refractivity contribution is -0.219. The predicted molar refractivity (Wildman–Crippen MR) is 60.5 cm³/mol. The van der Waals surface area contributed by atoms with Gasteiger partial charge in [0.15, 0.2) is 0 Å². The summed E-state index contributed by atoms with van der Waals surface area (Å²) in [5.74, 6) is -0.122. The fourth-order valence-corrected chi connectivity index (χ4v) is 2.21. The molecule has 88 valence electrons. The number of esters is 1. The van der Waals surface area contributed by atoms with Gasteiger partial charge >= 0.3 is 5.97 Å². The van der Waals surface area contributed by atoms with Crippen LogP contribution < -0.4 is 0 Å². The van der Waals surface area contributed by atoms with E-state index in [0.29, 0.717) is 6.42 Å². The fraction of sp³-hybridized carbons (Fsp3) is 0.615. The van der Waals surface area contributed by atoms with E-state index in [4.69, 9.17) is 9.47 Å². The van der Waals surface area contributed by atoms with Gasteiger partial charge in [-0.05, 0) is 25.7 Å². The third-order valence-electron chi connectivity index (χ3n) is 3.11. The van der Waals surface area contributed by atoms with Crippen molar-refractivity contribution in [3.05, 3.63) is 24.0 Å². The summed E-state index contributed by atoms with van der Waals surface area (Å²) in [5, 5.41) is 0. The molecule has 2 rings (SSSR count). The highest BCUT2D eigenvalue weighted by Gasteiger charge is 2.39. The average molecular weight is 222 g/mol. The molecule has 3 heteroatoms. The topological polar surface area (TPSA) is 35.5 Å². The smallest absolute Gasteiger partial charge is 0.340 e. The van der Waals surface area contributed by atoms with E-state index in [9.17, 15) is 4.79 Å². The molecular weight excluding hydrogens is 204 g/mol. The van der Waals surface area contributed by atoms with E-state index in [0.717, 1.165) is 43.4 Å². The van der Waals surface area contributed by atoms with Crippen molar-refractivity contribution in [3.8, 4) is 0 Å². The highest BCUT2D eigenvalue weighted by molar-refractivity contribution is 5.90. The van der Waals surface area contributed by atoms with Gasteiger partial charge in [0.25, 0.3) is 5.79 Å². The lowest BCUT2D eigenvalue weighted by Gasteiger charge is -2.37. The van der Waals surface area contributed by atoms with Crippen molar-refractivity contribution < 1.29 is 14.3 Å². The third-order valence-corrected chi connectivity index (χ3v) is 3.11. The minimum absolute atomic E-state index is 0.187. The Bertz CT molecular complexity index is 343. The van der Waals surface area contributed by atoms with Crippen molar-refractivity contribution in [2.45, 2.75) is 51.2 Å². The third kappa shape index (κ3) is 2.13. The first-order valence-electron chi connectivity index (χ1n) is 5.90. The maximum absolute atomic E-state index is 11.8. The van der Waals surface area contributed by atoms with E-state index in [1.807, 2.05) is 13.0 Å². The molecule has 0 saturated heterocycles. The van der Waals surface area contributed by atoms with Crippen molar-refractivity contribution in [2.24, 2.45) is 0 Å². The van der Waals surface area contributed by atoms with Crippen LogP contribution in [-0.4, -0.2) is 11.8 Å². The van der Waals surface area contributed by atoms with Crippen LogP contribution in [0.25, 0.3) is 0 Å². The molecular formula is C13H18O3. The van der Waals surface area contributed by atoms with Gasteiger partial charge in [0.1, 0.15) is 5.76 Å². The molecule has 2 aliphatic rings. The second-order valence-corrected chi connectivity index (χ2v) is 4.56. The summed E-state index contributed by atoms with van der Waals surface area (Å²) in [6.07, 6.45) is 7.09. The highest BCUT2D eigenvalue weighted by Crippen LogP contribution is 2.37. The quantitative estimate of drug-likeness (QED) is 0.543. The molecule has 0 spiro atoms. The van der Waals surface area contributed by atoms with E-state index in [-0.39, 0.29) is 5.97 Å². The molecule has 0 aromatic heterocycles. The molecule has 0 N–H and O–H groups in total. The van der Waals surface area contributed by atoms with Crippen LogP contribution in [0, 0.1) is 0 Å². The van der Waals surface area contributed by atoms with Crippen LogP contribution in [0.2, 0.25) is 0 Å². The average Bonchev–Trinajstić information content (AvgIpc) is 2.26. The lowest BCUT2D eigenvalue weighted by atomic mass is 9.96. The maximum atomic E-state index is 11.8. The van der Waals surface area contributed by atoms with Gasteiger partial charge in [0.2, 0.25) is 0 Å². The van der Waals surface area contributed by atoms with Gasteiger partial charge in [-0.2, -0.15) is 0 Å². The van der Waals surface area contributed by atoms with Gasteiger partial charge in [-0.25, -0.2) is 4.79 Å². The minimum atomic E-state index is -0.790. The highest BCUT2D eigenvalue weighted by atomic mass is 16.7. The molecule has 0 radical (unpaired) electrons. The summed E-state index contributed by atoms with van der Waals surface area (Å²) in [6, 6.07) is 0. The second kappa shape index (κ2) is 4.32. The number of allylic oxidation sites excluding steroid dienone is 2. The van der Waals surface area contributed by atoms with E-state index in [1.54, 1.807) is 0 Å². The summed E-state index contributed by atoms with van der Waals surface area (Å²) in [6.45, 7) is 5.49. The van der Waals surface area contributed by atoms with Crippen LogP contribution >= 0.6 is 0 Å². The van der Waals surface area contributed by atoms with Gasteiger partial charge < -0.3 is 9.47 Å². The van der Waals surface area contributed by atoms with Crippen LogP contribution in [0.5, 0.6) is 0 Å². The normalized spacial score (nSPS) is 29.2. The van der Waals surface area contributed by atoms with Crippen LogP contribution in [0.4, 0.5) is 0 Å². The Labute approximate surface area is 96.1 Å². The van der Waals surface area contributed by atoms with Gasteiger partial charge in [-0.1, -0.05) is 6.08 Å². The Morgan fingerprint density at radius 1 is 1.38 bits per heavy atom. The molecule has 0 fully saturated rings. The monoisotopic (exact) mass is 222 g/mol. The van der Waals surface area contributed by atoms with Crippen LogP contribution in [0.3, 0.4) is 0 Å². The SMILES string of the molecule is C=CCCC1(C)OC(=O)C2=C(CCCC2)O1. The summed E-state index contributed by atoms with van der Waals surface area (Å²) in [5.41, 5.74) is 0.752. The van der Waals surface area contributed by atoms with Crippen molar-refractivity contribution in [3.63, 3.8) is 0 Å². The number of cyclic esters (lactones) is 1. The van der Waals surface area contributed by atoms with Crippen molar-refractivity contribution in [1.29, 1.82) is 0 Å². The zero-order chi connectivity index (χ0) is 11.6. The van der Waals surface area contributed by atoms with Crippen LogP contribution in [-0.2, 0) is 14.3 Å². The van der Waals surface area contributed by atoms with E-state index < -0.39 is 5.79 Å². The molecule has 0 saturated carbocycles. The van der Waals surface area contributed by atoms with Crippen molar-refractivity contribution in [1.82, 2.24) is 0 Å². The van der Waals surface area contributed by atoms with Gasteiger partial charge in [0, 0.05) is 19.8 Å². The zero-order valence-electron chi connectivity index (χ0n) is 9.75. The Morgan fingerprint density at radius 2 is 2.12 bits per heavy atom. The fourth-order valence-electron chi connectivity index (χ4n) is 2.21. The summed E-state index contributed by atoms with van der Waals surface area (Å²) < 4.78 is 11.2. The van der Waals surface area contributed by atoms with Gasteiger partial charge in [0.05, 0.1) is 5.57 Å². The zero-order valence-corrected chi connectivity index (χ0v) is 9.75. The number of carbonyl (C=O) groups excluding carboxylic acids is 1. The van der Waals surface area contributed by atoms with E-state index in [1.165, 1.54) is 0 Å². The Kier molecular flexibility index (Phi) is 3.03. The Morgan fingerprint density at radius 3 is 2.88 bits per heavy atom. The standard InChI is InChI=1S/C13H18O3/c1-3-4-9-13(2)15-11-8-6-5-7-10(11)12(14)16-13/h3H,1,4-9H2,2H3. The summed E-state index contributed by atoms with van der Waals surface area (Å²) in [7, 11) is 0. The molecule has 0 aromatic rings. The molecule has 1 aliphatic carbocycles. The molecule has 0 amide bonds. The first kappa shape index (κ1) is 11.2. The molecule has 1 aliphatic heterocycles. The summed E-state index contributed by atoms with van der Waals surface area (Å²) >= 11 is 0. The Balaban J connectivity index is 2.15. The summed E-state index contributed by atoms with van der Waals surface area (Å²) in [4.78, 5) is 11.8. The molecule has 1 unspecified atom stereocenters. The maximum Gasteiger partial charge on any atom is 0.340 e. The molecule has 1 heterocycles. The van der Waals surface area contributed by atoms with Gasteiger partial charge in [-0.15, -0.1) is 6.58 Å². The van der Waals surface area contributed by atoms with Crippen molar-refractivity contribution >= 4 is 5.97 Å². The Hall–Kier alpha value is -1.25. The van der Waals surface area contributed by atoms with E-state index >= 15 is 0 Å². The number of ether oxygens (including phenoxy) is 2. The predicted octanol–water partition coefficient (Wildman–Crippen LogP) is 3.07.